The van der Waals surface area contributed by atoms with Gasteiger partial charge in [0.05, 0.1) is 9.17 Å². The Morgan fingerprint density at radius 1 is 1.50 bits per heavy atom. The highest BCUT2D eigenvalue weighted by atomic mass is 79.9. The average Bonchev–Trinajstić information content (AvgIpc) is 2.48. The second-order valence-electron chi connectivity index (χ2n) is 2.35. The molecule has 0 spiro atoms. The highest BCUT2D eigenvalue weighted by Gasteiger charge is 2.08. The number of hydrogen-bond acceptors (Lipinski definition) is 2. The van der Waals surface area contributed by atoms with Gasteiger partial charge in [-0.2, -0.15) is 0 Å². The fourth-order valence-electron chi connectivity index (χ4n) is 1.06. The first-order valence-electron chi connectivity index (χ1n) is 3.24. The van der Waals surface area contributed by atoms with Gasteiger partial charge in [-0.1, -0.05) is 0 Å². The number of fused-ring (bicyclic) bond motifs is 1. The molecule has 62 valence electrons. The van der Waals surface area contributed by atoms with Crippen molar-refractivity contribution in [2.24, 2.45) is 0 Å². The molecular weight excluding hydrogens is 259 g/mol. The molecule has 0 unspecified atom stereocenters. The molecule has 0 saturated carbocycles. The van der Waals surface area contributed by atoms with Crippen LogP contribution in [0.3, 0.4) is 0 Å². The first kappa shape index (κ1) is 8.53. The molecule has 0 N–H and O–H groups in total. The molecule has 4 heteroatoms. The van der Waals surface area contributed by atoms with Crippen molar-refractivity contribution in [3.63, 3.8) is 0 Å². The Morgan fingerprint density at radius 3 is 3.00 bits per heavy atom. The maximum Gasteiger partial charge on any atom is 0.146 e. The number of hydrogen-bond donors (Lipinski definition) is 1. The number of benzene rings is 1. The summed E-state index contributed by atoms with van der Waals surface area (Å²) in [6, 6.07) is 3.44. The van der Waals surface area contributed by atoms with Crippen LogP contribution in [0.2, 0.25) is 0 Å². The molecule has 0 aliphatic heterocycles. The Hall–Kier alpha value is -0.0600. The molecule has 0 atom stereocenters. The second kappa shape index (κ2) is 3.01. The molecule has 1 aromatic carbocycles. The van der Waals surface area contributed by atoms with E-state index in [4.69, 9.17) is 0 Å². The van der Waals surface area contributed by atoms with Crippen LogP contribution in [0.15, 0.2) is 26.9 Å². The molecule has 12 heavy (non-hydrogen) atoms. The molecule has 0 amide bonds. The van der Waals surface area contributed by atoms with Crippen molar-refractivity contribution in [3.8, 4) is 0 Å². The SMILES string of the molecule is Fc1c(Br)cc(S)c2sccc12. The predicted octanol–water partition coefficient (Wildman–Crippen LogP) is 4.09. The van der Waals surface area contributed by atoms with Crippen LogP contribution in [0.25, 0.3) is 10.1 Å². The van der Waals surface area contributed by atoms with E-state index in [0.717, 1.165) is 9.60 Å². The molecule has 2 aromatic rings. The first-order valence-corrected chi connectivity index (χ1v) is 5.36. The van der Waals surface area contributed by atoms with Crippen molar-refractivity contribution in [2.75, 3.05) is 0 Å². The fourth-order valence-corrected chi connectivity index (χ4v) is 2.89. The summed E-state index contributed by atoms with van der Waals surface area (Å²) in [4.78, 5) is 0.813. The van der Waals surface area contributed by atoms with Gasteiger partial charge in [0.1, 0.15) is 5.82 Å². The van der Waals surface area contributed by atoms with Crippen LogP contribution in [0.5, 0.6) is 0 Å². The molecular formula is C8H4BrFS2. The summed E-state index contributed by atoms with van der Waals surface area (Å²) in [6.07, 6.45) is 0. The molecule has 0 aliphatic rings. The van der Waals surface area contributed by atoms with Crippen molar-refractivity contribution >= 4 is 50.0 Å². The molecule has 0 nitrogen and oxygen atoms in total. The zero-order valence-corrected chi connectivity index (χ0v) is 9.14. The fraction of sp³-hybridized carbons (Fsp3) is 0. The quantitative estimate of drug-likeness (QED) is 0.680. The lowest BCUT2D eigenvalue weighted by Crippen LogP contribution is -1.78. The number of halogens is 2. The van der Waals surface area contributed by atoms with E-state index in [2.05, 4.69) is 28.6 Å². The van der Waals surface area contributed by atoms with Crippen LogP contribution in [0.4, 0.5) is 4.39 Å². The Balaban J connectivity index is 2.97. The predicted molar refractivity (Wildman–Crippen MR) is 56.7 cm³/mol. The summed E-state index contributed by atoms with van der Waals surface area (Å²) in [5, 5.41) is 2.50. The van der Waals surface area contributed by atoms with Gasteiger partial charge in [0.25, 0.3) is 0 Å². The Morgan fingerprint density at radius 2 is 2.25 bits per heavy atom. The second-order valence-corrected chi connectivity index (χ2v) is 4.61. The summed E-state index contributed by atoms with van der Waals surface area (Å²) >= 11 is 8.88. The molecule has 1 heterocycles. The van der Waals surface area contributed by atoms with E-state index in [1.165, 1.54) is 11.3 Å². The topological polar surface area (TPSA) is 0 Å². The van der Waals surface area contributed by atoms with Crippen molar-refractivity contribution in [1.82, 2.24) is 0 Å². The zero-order chi connectivity index (χ0) is 8.72. The minimum absolute atomic E-state index is 0.205. The van der Waals surface area contributed by atoms with Crippen LogP contribution < -0.4 is 0 Å². The lowest BCUT2D eigenvalue weighted by Gasteiger charge is -1.98. The third kappa shape index (κ3) is 1.18. The van der Waals surface area contributed by atoms with Gasteiger partial charge in [-0.3, -0.25) is 0 Å². The lowest BCUT2D eigenvalue weighted by atomic mass is 10.2. The maximum absolute atomic E-state index is 13.3. The standard InChI is InChI=1S/C8H4BrFS2/c9-5-3-6(11)8-4(7(5)10)1-2-12-8/h1-3,11H. The van der Waals surface area contributed by atoms with E-state index in [9.17, 15) is 4.39 Å². The molecule has 0 bridgehead atoms. The van der Waals surface area contributed by atoms with E-state index in [-0.39, 0.29) is 5.82 Å². The average molecular weight is 263 g/mol. The lowest BCUT2D eigenvalue weighted by molar-refractivity contribution is 0.633. The van der Waals surface area contributed by atoms with Gasteiger partial charge in [-0.15, -0.1) is 24.0 Å². The number of thiophene rings is 1. The highest BCUT2D eigenvalue weighted by Crippen LogP contribution is 2.33. The summed E-state index contributed by atoms with van der Waals surface area (Å²) in [7, 11) is 0. The maximum atomic E-state index is 13.3. The van der Waals surface area contributed by atoms with Crippen molar-refractivity contribution < 1.29 is 4.39 Å². The van der Waals surface area contributed by atoms with E-state index in [1.807, 2.05) is 5.38 Å². The van der Waals surface area contributed by atoms with Crippen LogP contribution in [0.1, 0.15) is 0 Å². The third-order valence-corrected chi connectivity index (χ3v) is 3.64. The first-order chi connectivity index (χ1) is 5.70. The highest BCUT2D eigenvalue weighted by molar-refractivity contribution is 9.10. The molecule has 0 fully saturated rings. The van der Waals surface area contributed by atoms with Gasteiger partial charge in [0, 0.05) is 10.3 Å². The Bertz CT molecular complexity index is 436. The minimum Gasteiger partial charge on any atom is -0.205 e. The molecule has 0 radical (unpaired) electrons. The summed E-state index contributed by atoms with van der Waals surface area (Å²) in [5.74, 6) is -0.205. The van der Waals surface area contributed by atoms with Gasteiger partial charge >= 0.3 is 0 Å². The van der Waals surface area contributed by atoms with Crippen molar-refractivity contribution in [2.45, 2.75) is 4.90 Å². The molecule has 2 rings (SSSR count). The van der Waals surface area contributed by atoms with Gasteiger partial charge in [0.2, 0.25) is 0 Å². The summed E-state index contributed by atoms with van der Waals surface area (Å²) < 4.78 is 14.7. The summed E-state index contributed by atoms with van der Waals surface area (Å²) in [5.41, 5.74) is 0. The third-order valence-electron chi connectivity index (χ3n) is 1.61. The van der Waals surface area contributed by atoms with Crippen LogP contribution in [-0.4, -0.2) is 0 Å². The van der Waals surface area contributed by atoms with Gasteiger partial charge in [0.15, 0.2) is 0 Å². The number of thiol groups is 1. The minimum atomic E-state index is -0.205. The number of rotatable bonds is 0. The smallest absolute Gasteiger partial charge is 0.146 e. The Kier molecular flexibility index (Phi) is 2.14. The monoisotopic (exact) mass is 262 g/mol. The van der Waals surface area contributed by atoms with Gasteiger partial charge < -0.3 is 0 Å². The summed E-state index contributed by atoms with van der Waals surface area (Å²) in [6.45, 7) is 0. The van der Waals surface area contributed by atoms with E-state index >= 15 is 0 Å². The van der Waals surface area contributed by atoms with Crippen LogP contribution in [0, 0.1) is 5.82 Å². The molecule has 1 aromatic heterocycles. The molecule has 0 aliphatic carbocycles. The van der Waals surface area contributed by atoms with Crippen molar-refractivity contribution in [3.05, 3.63) is 27.8 Å². The van der Waals surface area contributed by atoms with Crippen LogP contribution >= 0.6 is 39.9 Å². The van der Waals surface area contributed by atoms with Gasteiger partial charge in [-0.25, -0.2) is 4.39 Å². The zero-order valence-electron chi connectivity index (χ0n) is 5.84. The van der Waals surface area contributed by atoms with E-state index in [0.29, 0.717) is 9.86 Å². The van der Waals surface area contributed by atoms with E-state index in [1.54, 1.807) is 12.1 Å². The normalized spacial score (nSPS) is 10.9. The van der Waals surface area contributed by atoms with Crippen LogP contribution in [-0.2, 0) is 0 Å². The Labute approximate surface area is 86.9 Å². The van der Waals surface area contributed by atoms with Crippen molar-refractivity contribution in [1.29, 1.82) is 0 Å². The largest absolute Gasteiger partial charge is 0.205 e. The van der Waals surface area contributed by atoms with E-state index < -0.39 is 0 Å². The molecule has 0 saturated heterocycles. The van der Waals surface area contributed by atoms with Gasteiger partial charge in [-0.05, 0) is 33.4 Å².